The van der Waals surface area contributed by atoms with Crippen LogP contribution in [0.4, 0.5) is 0 Å². The maximum absolute atomic E-state index is 11.2. The normalized spacial score (nSPS) is 20.9. The van der Waals surface area contributed by atoms with Gasteiger partial charge in [-0.15, -0.1) is 0 Å². The van der Waals surface area contributed by atoms with Crippen molar-refractivity contribution in [1.82, 2.24) is 4.31 Å². The summed E-state index contributed by atoms with van der Waals surface area (Å²) in [5.41, 5.74) is 0. The van der Waals surface area contributed by atoms with E-state index >= 15 is 0 Å². The summed E-state index contributed by atoms with van der Waals surface area (Å²) in [5, 5.41) is 0. The molecule has 1 unspecified atom stereocenters. The quantitative estimate of drug-likeness (QED) is 0.344. The molecule has 10 heteroatoms. The van der Waals surface area contributed by atoms with Crippen LogP contribution < -0.4 is 0 Å². The van der Waals surface area contributed by atoms with Crippen molar-refractivity contribution in [3.63, 3.8) is 0 Å². The van der Waals surface area contributed by atoms with Crippen LogP contribution in [0.5, 0.6) is 0 Å². The number of ether oxygens (including phenoxy) is 1. The van der Waals surface area contributed by atoms with E-state index in [1.165, 1.54) is 11.4 Å². The summed E-state index contributed by atoms with van der Waals surface area (Å²) in [6, 6.07) is -0.611. The third-order valence-corrected chi connectivity index (χ3v) is 3.39. The summed E-state index contributed by atoms with van der Waals surface area (Å²) in [6.45, 7) is 0.415. The number of sulfonamides is 1. The predicted molar refractivity (Wildman–Crippen MR) is 88.6 cm³/mol. The molecule has 0 bridgehead atoms. The van der Waals surface area contributed by atoms with E-state index < -0.39 is 22.0 Å². The fraction of sp³-hybridized carbons (Fsp3) is 0.857. The van der Waals surface area contributed by atoms with Gasteiger partial charge in [-0.2, -0.15) is 4.31 Å². The molecule has 17 heavy (non-hydrogen) atoms. The Labute approximate surface area is 140 Å². The van der Waals surface area contributed by atoms with E-state index in [1.54, 1.807) is 0 Å². The first-order valence-electron chi connectivity index (χ1n) is 4.52. The van der Waals surface area contributed by atoms with E-state index in [1.807, 2.05) is 0 Å². The van der Waals surface area contributed by atoms with Gasteiger partial charge in [-0.05, 0) is 12.8 Å². The summed E-state index contributed by atoms with van der Waals surface area (Å²) < 4.78 is 28.1. The molecule has 1 saturated heterocycles. The molecule has 0 aromatic rings. The molecule has 1 heterocycles. The van der Waals surface area contributed by atoms with Crippen molar-refractivity contribution < 1.29 is 22.9 Å². The van der Waals surface area contributed by atoms with Crippen LogP contribution in [0.1, 0.15) is 12.8 Å². The van der Waals surface area contributed by atoms with E-state index in [9.17, 15) is 13.2 Å². The monoisotopic (exact) mass is 639 g/mol. The van der Waals surface area contributed by atoms with Gasteiger partial charge in [0.25, 0.3) is 0 Å². The second-order valence-electron chi connectivity index (χ2n) is 3.25. The summed E-state index contributed by atoms with van der Waals surface area (Å²) >= 11 is 7.39. The Bertz CT molecular complexity index is 348. The Balaban J connectivity index is 0.000000557. The summed E-state index contributed by atoms with van der Waals surface area (Å²) in [6.07, 6.45) is 2.38. The zero-order chi connectivity index (χ0) is 13.6. The third-order valence-electron chi connectivity index (χ3n) is 2.10. The summed E-state index contributed by atoms with van der Waals surface area (Å²) in [7, 11) is -2.01. The molecule has 5 nitrogen and oxygen atoms in total. The number of esters is 1. The fourth-order valence-corrected chi connectivity index (χ4v) is 2.62. The SMILES string of the molecule is COC(=O)C1CCCN1S(C)(=O)=O.[I][V]([I])[I]. The second kappa shape index (κ2) is 9.16. The average Bonchev–Trinajstić information content (AvgIpc) is 2.63. The van der Waals surface area contributed by atoms with Crippen LogP contribution in [-0.2, 0) is 24.5 Å². The van der Waals surface area contributed by atoms with E-state index in [0.717, 1.165) is 6.26 Å². The Morgan fingerprint density at radius 2 is 1.88 bits per heavy atom. The van der Waals surface area contributed by atoms with Gasteiger partial charge < -0.3 is 4.74 Å². The zero-order valence-corrected chi connectivity index (χ0v) is 18.0. The van der Waals surface area contributed by atoms with E-state index in [2.05, 4.69) is 64.7 Å². The molecular weight excluding hydrogens is 626 g/mol. The molecule has 0 spiro atoms. The molecule has 0 aromatic carbocycles. The number of hydrogen-bond acceptors (Lipinski definition) is 4. The van der Waals surface area contributed by atoms with E-state index in [4.69, 9.17) is 0 Å². The van der Waals surface area contributed by atoms with Gasteiger partial charge in [0.05, 0.1) is 13.4 Å². The van der Waals surface area contributed by atoms with Crippen molar-refractivity contribution in [3.8, 4) is 0 Å². The number of rotatable bonds is 2. The van der Waals surface area contributed by atoms with Crippen LogP contribution in [0, 0.1) is 0 Å². The van der Waals surface area contributed by atoms with Crippen molar-refractivity contribution in [2.45, 2.75) is 18.9 Å². The van der Waals surface area contributed by atoms with Gasteiger partial charge in [-0.1, -0.05) is 0 Å². The van der Waals surface area contributed by atoms with Gasteiger partial charge in [0.2, 0.25) is 10.0 Å². The Kier molecular flexibility index (Phi) is 10.3. The first-order valence-corrected chi connectivity index (χ1v) is 19.9. The average molecular weight is 639 g/mol. The molecule has 0 saturated carbocycles. The maximum atomic E-state index is 11.2. The first-order chi connectivity index (χ1) is 7.70. The van der Waals surface area contributed by atoms with Crippen LogP contribution >= 0.6 is 59.9 Å². The Hall–Kier alpha value is 2.15. The van der Waals surface area contributed by atoms with Crippen LogP contribution in [0.2, 0.25) is 0 Å². The summed E-state index contributed by atoms with van der Waals surface area (Å²) in [5.74, 6) is -0.470. The molecular formula is C7H13I3NO4SV. The van der Waals surface area contributed by atoms with Crippen molar-refractivity contribution in [1.29, 1.82) is 0 Å². The first kappa shape index (κ1) is 19.2. The molecule has 0 amide bonds. The molecule has 1 rings (SSSR count). The number of methoxy groups -OCH3 is 1. The predicted octanol–water partition coefficient (Wildman–Crippen LogP) is 2.24. The molecule has 1 atom stereocenters. The minimum absolute atomic E-state index is 0.278. The number of carbonyl (C=O) groups is 1. The Morgan fingerprint density at radius 3 is 2.24 bits per heavy atom. The molecule has 1 aliphatic heterocycles. The van der Waals surface area contributed by atoms with Gasteiger partial charge >= 0.3 is 70.8 Å². The van der Waals surface area contributed by atoms with Gasteiger partial charge in [-0.25, -0.2) is 8.42 Å². The van der Waals surface area contributed by atoms with Gasteiger partial charge in [0.1, 0.15) is 6.04 Å². The Morgan fingerprint density at radius 1 is 1.41 bits per heavy atom. The minimum atomic E-state index is -3.27. The molecule has 0 aliphatic carbocycles. The van der Waals surface area contributed by atoms with E-state index in [-0.39, 0.29) is 4.92 Å². The van der Waals surface area contributed by atoms with E-state index in [0.29, 0.717) is 19.4 Å². The number of nitrogens with zero attached hydrogens (tertiary/aromatic N) is 1. The number of halogens is 3. The molecule has 1 fully saturated rings. The summed E-state index contributed by atoms with van der Waals surface area (Å²) in [4.78, 5) is 10.9. The molecule has 0 N–H and O–H groups in total. The zero-order valence-electron chi connectivity index (χ0n) is 9.27. The van der Waals surface area contributed by atoms with Gasteiger partial charge in [-0.3, -0.25) is 4.79 Å². The van der Waals surface area contributed by atoms with Crippen molar-refractivity contribution in [2.75, 3.05) is 19.9 Å². The van der Waals surface area contributed by atoms with Crippen LogP contribution in [0.25, 0.3) is 0 Å². The van der Waals surface area contributed by atoms with Crippen molar-refractivity contribution in [2.24, 2.45) is 0 Å². The molecule has 1 aliphatic rings. The third kappa shape index (κ3) is 8.12. The molecule has 0 radical (unpaired) electrons. The van der Waals surface area contributed by atoms with Crippen LogP contribution in [0.15, 0.2) is 0 Å². The number of hydrogen-bond donors (Lipinski definition) is 0. The number of carbonyl (C=O) groups excluding carboxylic acids is 1. The van der Waals surface area contributed by atoms with Crippen molar-refractivity contribution >= 4 is 75.9 Å². The van der Waals surface area contributed by atoms with Crippen LogP contribution in [0.3, 0.4) is 0 Å². The fourth-order valence-electron chi connectivity index (χ4n) is 1.51. The standard InChI is InChI=1S/C7H13NO4S.3HI.V/c1-12-7(9)6-4-3-5-8(6)13(2,10)11;;;;/h6H,3-5H2,1-2H3;3*1H;/q;;;;+3/p-3. The van der Waals surface area contributed by atoms with Crippen molar-refractivity contribution in [3.05, 3.63) is 0 Å². The molecule has 0 aromatic heterocycles. The molecule has 102 valence electrons. The van der Waals surface area contributed by atoms with Gasteiger partial charge in [0, 0.05) is 6.54 Å². The van der Waals surface area contributed by atoms with Crippen LogP contribution in [-0.4, -0.2) is 44.6 Å². The van der Waals surface area contributed by atoms with Gasteiger partial charge in [0.15, 0.2) is 0 Å². The second-order valence-corrected chi connectivity index (χ2v) is 40.6. The topological polar surface area (TPSA) is 63.7 Å².